The first-order valence-corrected chi connectivity index (χ1v) is 11.6. The Morgan fingerprint density at radius 3 is 2.80 bits per heavy atom. The number of rotatable bonds is 5. The van der Waals surface area contributed by atoms with Crippen molar-refractivity contribution in [3.05, 3.63) is 59.7 Å². The Labute approximate surface area is 200 Å². The summed E-state index contributed by atoms with van der Waals surface area (Å²) in [6.07, 6.45) is 11.5. The van der Waals surface area contributed by atoms with E-state index in [1.165, 1.54) is 0 Å². The molecule has 0 radical (unpaired) electrons. The van der Waals surface area contributed by atoms with E-state index in [1.54, 1.807) is 40.8 Å². The van der Waals surface area contributed by atoms with E-state index < -0.39 is 0 Å². The summed E-state index contributed by atoms with van der Waals surface area (Å²) in [7, 11) is 1.87. The number of halogens is 1. The molecule has 1 aliphatic rings. The van der Waals surface area contributed by atoms with Gasteiger partial charge in [0.1, 0.15) is 5.82 Å². The summed E-state index contributed by atoms with van der Waals surface area (Å²) in [5, 5.41) is 15.1. The molecule has 1 aliphatic carbocycles. The van der Waals surface area contributed by atoms with Crippen molar-refractivity contribution in [2.75, 3.05) is 5.32 Å². The van der Waals surface area contributed by atoms with Gasteiger partial charge in [0.25, 0.3) is 0 Å². The lowest BCUT2D eigenvalue weighted by atomic mass is 9.92. The van der Waals surface area contributed by atoms with E-state index in [1.807, 2.05) is 33.3 Å². The first-order chi connectivity index (χ1) is 16.8. The molecule has 2 atom stereocenters. The van der Waals surface area contributed by atoms with Gasteiger partial charge in [-0.05, 0) is 36.3 Å². The van der Waals surface area contributed by atoms with Gasteiger partial charge >= 0.3 is 0 Å². The van der Waals surface area contributed by atoms with Gasteiger partial charge < -0.3 is 9.72 Å². The van der Waals surface area contributed by atoms with Crippen LogP contribution in [-0.2, 0) is 11.8 Å². The van der Waals surface area contributed by atoms with E-state index >= 15 is 4.39 Å². The van der Waals surface area contributed by atoms with Crippen molar-refractivity contribution >= 4 is 28.3 Å². The molecule has 4 aromatic heterocycles. The van der Waals surface area contributed by atoms with E-state index in [0.717, 1.165) is 17.4 Å². The van der Waals surface area contributed by atoms with Crippen molar-refractivity contribution in [3.63, 3.8) is 0 Å². The van der Waals surface area contributed by atoms with Crippen LogP contribution in [0.3, 0.4) is 0 Å². The molecule has 4 heterocycles. The van der Waals surface area contributed by atoms with Crippen LogP contribution < -0.4 is 5.32 Å². The Balaban J connectivity index is 1.31. The number of aromatic amines is 1. The predicted octanol–water partition coefficient (Wildman–Crippen LogP) is 4.32. The van der Waals surface area contributed by atoms with Crippen molar-refractivity contribution < 1.29 is 9.18 Å². The number of hydrogen-bond acceptors (Lipinski definition) is 5. The number of hydrogen-bond donors (Lipinski definition) is 2. The highest BCUT2D eigenvalue weighted by atomic mass is 19.1. The molecule has 1 saturated carbocycles. The zero-order chi connectivity index (χ0) is 24.4. The molecule has 178 valence electrons. The molecular weight excluding hydrogens is 447 g/mol. The maximum absolute atomic E-state index is 15.4. The van der Waals surface area contributed by atoms with E-state index in [9.17, 15) is 4.79 Å². The number of benzene rings is 1. The second-order valence-corrected chi connectivity index (χ2v) is 9.59. The number of nitrogens with zero attached hydrogens (tertiary/aromatic N) is 6. The molecule has 5 aromatic rings. The Hall–Kier alpha value is -4.08. The Morgan fingerprint density at radius 1 is 1.23 bits per heavy atom. The zero-order valence-electron chi connectivity index (χ0n) is 19.9. The van der Waals surface area contributed by atoms with Crippen LogP contribution in [0.4, 0.5) is 10.2 Å². The maximum atomic E-state index is 15.4. The topological polar surface area (TPSA) is 106 Å². The Kier molecular flexibility index (Phi) is 4.73. The van der Waals surface area contributed by atoms with Crippen LogP contribution in [0.15, 0.2) is 37.2 Å². The van der Waals surface area contributed by atoms with Crippen molar-refractivity contribution in [3.8, 4) is 11.3 Å². The monoisotopic (exact) mass is 472 g/mol. The van der Waals surface area contributed by atoms with Gasteiger partial charge in [0, 0.05) is 41.9 Å². The highest BCUT2D eigenvalue weighted by Crippen LogP contribution is 2.47. The number of imidazole rings is 1. The average molecular weight is 473 g/mol. The third-order valence-corrected chi connectivity index (χ3v) is 6.83. The molecule has 2 N–H and O–H groups in total. The third-order valence-electron chi connectivity index (χ3n) is 6.83. The molecule has 0 bridgehead atoms. The fourth-order valence-corrected chi connectivity index (χ4v) is 4.97. The van der Waals surface area contributed by atoms with Crippen molar-refractivity contribution in [1.82, 2.24) is 34.3 Å². The summed E-state index contributed by atoms with van der Waals surface area (Å²) >= 11 is 0. The number of carbonyl (C=O) groups is 1. The molecule has 0 aliphatic heterocycles. The van der Waals surface area contributed by atoms with Gasteiger partial charge in [-0.15, -0.1) is 0 Å². The molecule has 10 heteroatoms. The lowest BCUT2D eigenvalue weighted by molar-refractivity contribution is -0.117. The molecule has 1 amide bonds. The lowest BCUT2D eigenvalue weighted by Gasteiger charge is -2.15. The highest BCUT2D eigenvalue weighted by Gasteiger charge is 2.44. The van der Waals surface area contributed by atoms with Crippen LogP contribution in [0.5, 0.6) is 0 Å². The average Bonchev–Trinajstić information content (AvgIpc) is 3.08. The largest absolute Gasteiger partial charge is 0.309 e. The van der Waals surface area contributed by atoms with E-state index in [2.05, 4.69) is 30.6 Å². The Morgan fingerprint density at radius 2 is 2.06 bits per heavy atom. The van der Waals surface area contributed by atoms with Crippen molar-refractivity contribution in [2.24, 2.45) is 13.0 Å². The summed E-state index contributed by atoms with van der Waals surface area (Å²) in [6, 6.07) is 0. The van der Waals surface area contributed by atoms with Crippen LogP contribution in [0.2, 0.25) is 0 Å². The SMILES string of the molecule is Cc1c(F)c(C(C)C)c2[nH]ncc2c1-c1cn2cc(NC(=O)[C@H]3C[C@@H]3c3cnn(C)c3)nc2cn1. The van der Waals surface area contributed by atoms with Gasteiger partial charge in [0.15, 0.2) is 11.5 Å². The first-order valence-electron chi connectivity index (χ1n) is 11.6. The van der Waals surface area contributed by atoms with E-state index in [-0.39, 0.29) is 29.5 Å². The lowest BCUT2D eigenvalue weighted by Crippen LogP contribution is -2.14. The minimum atomic E-state index is -0.250. The van der Waals surface area contributed by atoms with Crippen LogP contribution in [0, 0.1) is 18.7 Å². The van der Waals surface area contributed by atoms with Crippen LogP contribution in [0.1, 0.15) is 48.8 Å². The van der Waals surface area contributed by atoms with Crippen LogP contribution in [-0.4, -0.2) is 40.3 Å². The van der Waals surface area contributed by atoms with Crippen molar-refractivity contribution in [1.29, 1.82) is 0 Å². The molecule has 1 aromatic carbocycles. The normalized spacial score (nSPS) is 17.5. The minimum absolute atomic E-state index is 0.00479. The summed E-state index contributed by atoms with van der Waals surface area (Å²) in [5.41, 5.74) is 4.79. The highest BCUT2D eigenvalue weighted by molar-refractivity contribution is 5.97. The Bertz CT molecular complexity index is 1610. The standard InChI is InChI=1S/C25H25FN8O/c1-12(2)21-23(26)13(3)22(17-7-28-32-24(17)21)18-10-34-11-19(30-20(34)8-27-18)31-25(35)16-5-15(16)14-6-29-33(4)9-14/h6-12,15-16H,5H2,1-4H3,(H,28,32)(H,31,35)/t15-,16+/m1/s1. The summed E-state index contributed by atoms with van der Waals surface area (Å²) in [6.45, 7) is 5.69. The molecule has 1 fully saturated rings. The molecule has 9 nitrogen and oxygen atoms in total. The van der Waals surface area contributed by atoms with Gasteiger partial charge in [0.05, 0.1) is 36.0 Å². The second kappa shape index (κ2) is 7.72. The summed E-state index contributed by atoms with van der Waals surface area (Å²) in [5.74, 6) is 0.260. The quantitative estimate of drug-likeness (QED) is 0.396. The minimum Gasteiger partial charge on any atom is -0.309 e. The van der Waals surface area contributed by atoms with Gasteiger partial charge in [0.2, 0.25) is 5.91 Å². The number of aromatic nitrogens is 7. The number of amides is 1. The predicted molar refractivity (Wildman–Crippen MR) is 130 cm³/mol. The van der Waals surface area contributed by atoms with Crippen LogP contribution in [0.25, 0.3) is 27.8 Å². The number of carbonyl (C=O) groups excluding carboxylic acids is 1. The first kappa shape index (κ1) is 21.5. The van der Waals surface area contributed by atoms with E-state index in [4.69, 9.17) is 0 Å². The molecule has 0 unspecified atom stereocenters. The fourth-order valence-electron chi connectivity index (χ4n) is 4.97. The van der Waals surface area contributed by atoms with E-state index in [0.29, 0.717) is 39.4 Å². The molecular formula is C25H25FN8O. The molecule has 6 rings (SSSR count). The van der Waals surface area contributed by atoms with Gasteiger partial charge in [-0.2, -0.15) is 10.2 Å². The second-order valence-electron chi connectivity index (χ2n) is 9.59. The number of fused-ring (bicyclic) bond motifs is 2. The number of anilines is 1. The number of nitrogens with one attached hydrogen (secondary N) is 2. The fraction of sp³-hybridized carbons (Fsp3) is 0.320. The third kappa shape index (κ3) is 3.48. The smallest absolute Gasteiger partial charge is 0.229 e. The molecule has 0 saturated heterocycles. The van der Waals surface area contributed by atoms with Gasteiger partial charge in [-0.1, -0.05) is 13.8 Å². The molecule has 35 heavy (non-hydrogen) atoms. The number of aryl methyl sites for hydroxylation is 1. The van der Waals surface area contributed by atoms with Gasteiger partial charge in [-0.25, -0.2) is 9.37 Å². The van der Waals surface area contributed by atoms with Crippen molar-refractivity contribution in [2.45, 2.75) is 39.0 Å². The summed E-state index contributed by atoms with van der Waals surface area (Å²) in [4.78, 5) is 21.8. The maximum Gasteiger partial charge on any atom is 0.229 e. The molecule has 0 spiro atoms. The summed E-state index contributed by atoms with van der Waals surface area (Å²) < 4.78 is 18.9. The van der Waals surface area contributed by atoms with Gasteiger partial charge in [-0.3, -0.25) is 19.6 Å². The van der Waals surface area contributed by atoms with Crippen LogP contribution >= 0.6 is 0 Å². The zero-order valence-corrected chi connectivity index (χ0v) is 19.9. The number of H-pyrrole nitrogens is 1.